The number of hydrogen-bond acceptors (Lipinski definition) is 2. The topological polar surface area (TPSA) is 55.1 Å². The molecule has 2 rings (SSSR count). The van der Waals surface area contributed by atoms with Gasteiger partial charge in [-0.3, -0.25) is 4.79 Å². The van der Waals surface area contributed by atoms with Gasteiger partial charge >= 0.3 is 5.97 Å². The third-order valence-corrected chi connectivity index (χ3v) is 3.82. The van der Waals surface area contributed by atoms with E-state index in [1.165, 1.54) is 0 Å². The molecule has 1 aromatic rings. The molecule has 0 bridgehead atoms. The monoisotopic (exact) mass is 300 g/mol. The molecule has 0 spiro atoms. The zero-order chi connectivity index (χ0) is 12.8. The van der Waals surface area contributed by atoms with Crippen molar-refractivity contribution in [3.05, 3.63) is 16.1 Å². The van der Waals surface area contributed by atoms with E-state index in [-0.39, 0.29) is 11.3 Å². The summed E-state index contributed by atoms with van der Waals surface area (Å²) in [5.41, 5.74) is 1.00. The van der Waals surface area contributed by atoms with Crippen molar-refractivity contribution in [2.45, 2.75) is 45.6 Å². The molecule has 0 saturated heterocycles. The molecule has 1 aliphatic rings. The van der Waals surface area contributed by atoms with Gasteiger partial charge in [-0.25, -0.2) is 4.98 Å². The minimum atomic E-state index is -0.707. The number of carbonyl (C=O) groups is 1. The molecule has 5 heteroatoms. The predicted octanol–water partition coefficient (Wildman–Crippen LogP) is 2.59. The Morgan fingerprint density at radius 1 is 1.53 bits per heavy atom. The highest BCUT2D eigenvalue weighted by Crippen LogP contribution is 2.32. The zero-order valence-corrected chi connectivity index (χ0v) is 11.9. The molecule has 1 N–H and O–H groups in total. The van der Waals surface area contributed by atoms with E-state index in [0.29, 0.717) is 12.8 Å². The summed E-state index contributed by atoms with van der Waals surface area (Å²) >= 11 is 3.45. The number of aromatic nitrogens is 2. The smallest absolute Gasteiger partial charge is 0.306 e. The number of hydrogen-bond donors (Lipinski definition) is 1. The predicted molar refractivity (Wildman–Crippen MR) is 68.1 cm³/mol. The van der Waals surface area contributed by atoms with E-state index in [1.807, 2.05) is 0 Å². The van der Waals surface area contributed by atoms with Crippen LogP contribution in [0.1, 0.15) is 38.7 Å². The van der Waals surface area contributed by atoms with Gasteiger partial charge in [-0.15, -0.1) is 0 Å². The van der Waals surface area contributed by atoms with Crippen LogP contribution in [0.2, 0.25) is 0 Å². The molecule has 0 amide bonds. The van der Waals surface area contributed by atoms with Crippen LogP contribution >= 0.6 is 15.9 Å². The van der Waals surface area contributed by atoms with E-state index < -0.39 is 5.97 Å². The van der Waals surface area contributed by atoms with Gasteiger partial charge in [0.15, 0.2) is 0 Å². The van der Waals surface area contributed by atoms with Crippen LogP contribution in [0.5, 0.6) is 0 Å². The molecule has 1 unspecified atom stereocenters. The minimum Gasteiger partial charge on any atom is -0.481 e. The summed E-state index contributed by atoms with van der Waals surface area (Å²) in [6.07, 6.45) is 1.26. The van der Waals surface area contributed by atoms with Gasteiger partial charge in [0.1, 0.15) is 10.4 Å². The Balaban J connectivity index is 2.41. The second kappa shape index (κ2) is 4.12. The highest BCUT2D eigenvalue weighted by atomic mass is 79.9. The normalized spacial score (nSPS) is 20.1. The summed E-state index contributed by atoms with van der Waals surface area (Å²) in [7, 11) is 0. The maximum atomic E-state index is 11.0. The number of nitrogens with zero attached hydrogens (tertiary/aromatic N) is 2. The SMILES string of the molecule is CC(C)(C)c1nc(Br)c2n1CCC(C(=O)O)C2. The van der Waals surface area contributed by atoms with Gasteiger partial charge in [0.25, 0.3) is 0 Å². The van der Waals surface area contributed by atoms with E-state index in [0.717, 1.165) is 22.7 Å². The van der Waals surface area contributed by atoms with Gasteiger partial charge in [-0.05, 0) is 22.4 Å². The van der Waals surface area contributed by atoms with Crippen LogP contribution < -0.4 is 0 Å². The van der Waals surface area contributed by atoms with Gasteiger partial charge in [-0.1, -0.05) is 20.8 Å². The summed E-state index contributed by atoms with van der Waals surface area (Å²) < 4.78 is 2.97. The number of fused-ring (bicyclic) bond motifs is 1. The molecule has 4 nitrogen and oxygen atoms in total. The minimum absolute atomic E-state index is 0.0170. The number of rotatable bonds is 1. The van der Waals surface area contributed by atoms with Crippen LogP contribution in [-0.2, 0) is 23.2 Å². The highest BCUT2D eigenvalue weighted by molar-refractivity contribution is 9.10. The Kier molecular flexibility index (Phi) is 3.06. The van der Waals surface area contributed by atoms with E-state index in [2.05, 4.69) is 46.3 Å². The molecule has 1 aliphatic heterocycles. The molecule has 0 radical (unpaired) electrons. The molecule has 0 fully saturated rings. The molecule has 17 heavy (non-hydrogen) atoms. The largest absolute Gasteiger partial charge is 0.481 e. The fraction of sp³-hybridized carbons (Fsp3) is 0.667. The summed E-state index contributed by atoms with van der Waals surface area (Å²) in [6.45, 7) is 7.12. The quantitative estimate of drug-likeness (QED) is 0.867. The van der Waals surface area contributed by atoms with Gasteiger partial charge in [0.2, 0.25) is 0 Å². The molecular weight excluding hydrogens is 284 g/mol. The lowest BCUT2D eigenvalue weighted by Gasteiger charge is -2.26. The number of halogens is 1. The van der Waals surface area contributed by atoms with Crippen LogP contribution in [-0.4, -0.2) is 20.6 Å². The average molecular weight is 301 g/mol. The van der Waals surface area contributed by atoms with Crippen LogP contribution in [0.15, 0.2) is 4.60 Å². The molecule has 1 aromatic heterocycles. The molecule has 0 saturated carbocycles. The lowest BCUT2D eigenvalue weighted by Crippen LogP contribution is -2.28. The van der Waals surface area contributed by atoms with Crippen molar-refractivity contribution in [1.82, 2.24) is 9.55 Å². The Morgan fingerprint density at radius 2 is 2.18 bits per heavy atom. The van der Waals surface area contributed by atoms with Crippen molar-refractivity contribution < 1.29 is 9.90 Å². The first-order valence-electron chi connectivity index (χ1n) is 5.79. The van der Waals surface area contributed by atoms with Crippen molar-refractivity contribution in [3.63, 3.8) is 0 Å². The van der Waals surface area contributed by atoms with Crippen molar-refractivity contribution in [2.24, 2.45) is 5.92 Å². The Morgan fingerprint density at radius 3 is 2.71 bits per heavy atom. The molecule has 2 heterocycles. The first-order chi connectivity index (χ1) is 7.80. The van der Waals surface area contributed by atoms with Crippen LogP contribution in [0.4, 0.5) is 0 Å². The third-order valence-electron chi connectivity index (χ3n) is 3.18. The molecular formula is C12H17BrN2O2. The number of imidazole rings is 1. The Labute approximate surface area is 109 Å². The van der Waals surface area contributed by atoms with Crippen LogP contribution in [0.3, 0.4) is 0 Å². The van der Waals surface area contributed by atoms with Gasteiger partial charge < -0.3 is 9.67 Å². The third kappa shape index (κ3) is 2.25. The zero-order valence-electron chi connectivity index (χ0n) is 10.3. The van der Waals surface area contributed by atoms with E-state index in [4.69, 9.17) is 5.11 Å². The summed E-state index contributed by atoms with van der Waals surface area (Å²) in [5, 5.41) is 9.08. The lowest BCUT2D eigenvalue weighted by atomic mass is 9.93. The number of carboxylic acids is 1. The maximum Gasteiger partial charge on any atom is 0.306 e. The van der Waals surface area contributed by atoms with E-state index >= 15 is 0 Å². The number of carboxylic acid groups (broad SMARTS) is 1. The van der Waals surface area contributed by atoms with Crippen LogP contribution in [0.25, 0.3) is 0 Å². The molecule has 1 atom stereocenters. The number of aliphatic carboxylic acids is 1. The average Bonchev–Trinajstić information content (AvgIpc) is 2.55. The van der Waals surface area contributed by atoms with Crippen molar-refractivity contribution >= 4 is 21.9 Å². The first kappa shape index (κ1) is 12.6. The Bertz CT molecular complexity index is 460. The van der Waals surface area contributed by atoms with Crippen molar-refractivity contribution in [3.8, 4) is 0 Å². The lowest BCUT2D eigenvalue weighted by molar-refractivity contribution is -0.142. The van der Waals surface area contributed by atoms with Crippen molar-refractivity contribution in [1.29, 1.82) is 0 Å². The highest BCUT2D eigenvalue weighted by Gasteiger charge is 2.31. The van der Waals surface area contributed by atoms with Crippen molar-refractivity contribution in [2.75, 3.05) is 0 Å². The molecule has 94 valence electrons. The van der Waals surface area contributed by atoms with Gasteiger partial charge in [0.05, 0.1) is 11.6 Å². The van der Waals surface area contributed by atoms with Gasteiger partial charge in [0, 0.05) is 18.4 Å². The maximum absolute atomic E-state index is 11.0. The fourth-order valence-corrected chi connectivity index (χ4v) is 2.84. The summed E-state index contributed by atoms with van der Waals surface area (Å²) in [4.78, 5) is 15.6. The molecule has 0 aliphatic carbocycles. The van der Waals surface area contributed by atoms with E-state index in [1.54, 1.807) is 0 Å². The molecule has 0 aromatic carbocycles. The standard InChI is InChI=1S/C12H17BrN2O2/c1-12(2,3)11-14-9(13)8-6-7(10(16)17)4-5-15(8)11/h7H,4-6H2,1-3H3,(H,16,17). The van der Waals surface area contributed by atoms with Crippen LogP contribution in [0, 0.1) is 5.92 Å². The van der Waals surface area contributed by atoms with Gasteiger partial charge in [-0.2, -0.15) is 0 Å². The Hall–Kier alpha value is -0.840. The first-order valence-corrected chi connectivity index (χ1v) is 6.58. The second-order valence-electron chi connectivity index (χ2n) is 5.60. The summed E-state index contributed by atoms with van der Waals surface area (Å²) in [5.74, 6) is 0.0493. The summed E-state index contributed by atoms with van der Waals surface area (Å²) in [6, 6.07) is 0. The fourth-order valence-electron chi connectivity index (χ4n) is 2.30. The van der Waals surface area contributed by atoms with E-state index in [9.17, 15) is 4.79 Å². The second-order valence-corrected chi connectivity index (χ2v) is 6.35.